The molecule has 0 radical (unpaired) electrons. The number of nitrogens with two attached hydrogens (primary N) is 1. The average molecular weight is 290 g/mol. The van der Waals surface area contributed by atoms with Crippen molar-refractivity contribution < 1.29 is 14.8 Å². The Morgan fingerprint density at radius 2 is 2.15 bits per heavy atom. The summed E-state index contributed by atoms with van der Waals surface area (Å²) in [6.07, 6.45) is 1.72. The number of methoxy groups -OCH3 is 1. The van der Waals surface area contributed by atoms with Gasteiger partial charge in [0.15, 0.2) is 11.5 Å². The molecule has 0 atom stereocenters. The predicted octanol–water partition coefficient (Wildman–Crippen LogP) is 2.59. The van der Waals surface area contributed by atoms with Gasteiger partial charge in [0.1, 0.15) is 19.7 Å². The van der Waals surface area contributed by atoms with Gasteiger partial charge in [-0.05, 0) is 29.6 Å². The first kappa shape index (κ1) is 14.6. The predicted molar refractivity (Wildman–Crippen MR) is 82.3 cm³/mol. The van der Waals surface area contributed by atoms with Crippen LogP contribution >= 0.6 is 11.3 Å². The summed E-state index contributed by atoms with van der Waals surface area (Å²) in [7, 11) is 1.66. The Hall–Kier alpha value is -1.78. The van der Waals surface area contributed by atoms with Gasteiger partial charge in [-0.3, -0.25) is 0 Å². The van der Waals surface area contributed by atoms with Crippen LogP contribution in [0.3, 0.4) is 0 Å². The largest absolute Gasteiger partial charge is 0.493 e. The third-order valence-electron chi connectivity index (χ3n) is 2.89. The van der Waals surface area contributed by atoms with E-state index in [0.717, 1.165) is 24.6 Å². The normalized spacial score (nSPS) is 10.2. The van der Waals surface area contributed by atoms with E-state index in [1.807, 2.05) is 12.1 Å². The minimum absolute atomic E-state index is 0.486. The van der Waals surface area contributed by atoms with Crippen molar-refractivity contribution in [3.05, 3.63) is 58.8 Å². The summed E-state index contributed by atoms with van der Waals surface area (Å²) in [5, 5.41) is 4.39. The molecule has 4 heteroatoms. The lowest BCUT2D eigenvalue weighted by Gasteiger charge is -2.10. The van der Waals surface area contributed by atoms with Crippen molar-refractivity contribution in [2.75, 3.05) is 13.7 Å². The second-order valence-electron chi connectivity index (χ2n) is 4.36. The van der Waals surface area contributed by atoms with Gasteiger partial charge in [-0.15, -0.1) is 11.3 Å². The Morgan fingerprint density at radius 1 is 1.25 bits per heavy atom. The van der Waals surface area contributed by atoms with Crippen LogP contribution in [0, 0.1) is 0 Å². The van der Waals surface area contributed by atoms with Gasteiger partial charge >= 0.3 is 0 Å². The van der Waals surface area contributed by atoms with E-state index in [9.17, 15) is 0 Å². The van der Waals surface area contributed by atoms with Crippen LogP contribution in [-0.2, 0) is 13.1 Å². The third-order valence-corrected chi connectivity index (χ3v) is 3.79. The Balaban J connectivity index is 1.92. The quantitative estimate of drug-likeness (QED) is 0.758. The lowest BCUT2D eigenvalue weighted by molar-refractivity contribution is -0.685. The summed E-state index contributed by atoms with van der Waals surface area (Å²) >= 11 is 1.79. The van der Waals surface area contributed by atoms with E-state index in [1.54, 1.807) is 24.5 Å². The maximum Gasteiger partial charge on any atom is 0.161 e. The molecule has 0 saturated heterocycles. The molecule has 0 unspecified atom stereocenters. The number of quaternary nitrogens is 1. The van der Waals surface area contributed by atoms with E-state index >= 15 is 0 Å². The Labute approximate surface area is 123 Å². The van der Waals surface area contributed by atoms with E-state index in [2.05, 4.69) is 35.5 Å². The van der Waals surface area contributed by atoms with E-state index in [4.69, 9.17) is 9.47 Å². The molecular weight excluding hydrogens is 270 g/mol. The molecular formula is C16H20NO2S+. The first-order chi connectivity index (χ1) is 9.83. The second-order valence-corrected chi connectivity index (χ2v) is 5.39. The highest BCUT2D eigenvalue weighted by Gasteiger charge is 2.06. The van der Waals surface area contributed by atoms with Crippen LogP contribution in [-0.4, -0.2) is 13.7 Å². The van der Waals surface area contributed by atoms with Gasteiger partial charge in [-0.2, -0.15) is 0 Å². The van der Waals surface area contributed by atoms with E-state index in [-0.39, 0.29) is 0 Å². The molecule has 2 N–H and O–H groups in total. The number of hydrogen-bond acceptors (Lipinski definition) is 3. The Kier molecular flexibility index (Phi) is 5.65. The topological polar surface area (TPSA) is 35.1 Å². The fourth-order valence-electron chi connectivity index (χ4n) is 1.92. The van der Waals surface area contributed by atoms with Gasteiger partial charge in [0.25, 0.3) is 0 Å². The van der Waals surface area contributed by atoms with E-state index in [0.29, 0.717) is 6.61 Å². The number of ether oxygens (including phenoxy) is 2. The van der Waals surface area contributed by atoms with Gasteiger partial charge in [0.05, 0.1) is 12.0 Å². The Bertz CT molecular complexity index is 537. The molecule has 0 spiro atoms. The molecule has 20 heavy (non-hydrogen) atoms. The molecule has 0 aliphatic rings. The number of hydrogen-bond donors (Lipinski definition) is 1. The van der Waals surface area contributed by atoms with Crippen molar-refractivity contribution in [3.8, 4) is 11.5 Å². The average Bonchev–Trinajstić information content (AvgIpc) is 2.99. The third kappa shape index (κ3) is 4.11. The van der Waals surface area contributed by atoms with E-state index < -0.39 is 0 Å². The van der Waals surface area contributed by atoms with Crippen molar-refractivity contribution in [1.29, 1.82) is 0 Å². The van der Waals surface area contributed by atoms with E-state index in [1.165, 1.54) is 10.4 Å². The van der Waals surface area contributed by atoms with Crippen LogP contribution in [0.5, 0.6) is 11.5 Å². The van der Waals surface area contributed by atoms with Crippen LogP contribution < -0.4 is 14.8 Å². The Morgan fingerprint density at radius 3 is 2.85 bits per heavy atom. The first-order valence-electron chi connectivity index (χ1n) is 6.58. The van der Waals surface area contributed by atoms with Crippen molar-refractivity contribution in [1.82, 2.24) is 0 Å². The smallest absolute Gasteiger partial charge is 0.161 e. The van der Waals surface area contributed by atoms with Crippen molar-refractivity contribution >= 4 is 11.3 Å². The van der Waals surface area contributed by atoms with Crippen LogP contribution in [0.4, 0.5) is 0 Å². The molecule has 2 aromatic rings. The maximum absolute atomic E-state index is 5.54. The van der Waals surface area contributed by atoms with Crippen LogP contribution in [0.15, 0.2) is 48.4 Å². The second kappa shape index (κ2) is 7.72. The lowest BCUT2D eigenvalue weighted by Crippen LogP contribution is -2.80. The maximum atomic E-state index is 5.54. The van der Waals surface area contributed by atoms with Crippen LogP contribution in [0.2, 0.25) is 0 Å². The summed E-state index contributed by atoms with van der Waals surface area (Å²) in [5.41, 5.74) is 1.23. The molecule has 0 bridgehead atoms. The molecule has 1 aromatic heterocycles. The molecule has 0 amide bonds. The molecule has 0 fully saturated rings. The lowest BCUT2D eigenvalue weighted by atomic mass is 10.2. The van der Waals surface area contributed by atoms with Crippen molar-refractivity contribution in [2.45, 2.75) is 13.1 Å². The SMILES string of the molecule is C=CCOc1ccc(C[NH2+]Cc2cccs2)cc1OC. The first-order valence-corrected chi connectivity index (χ1v) is 7.46. The zero-order valence-corrected chi connectivity index (χ0v) is 12.5. The zero-order chi connectivity index (χ0) is 14.2. The van der Waals surface area contributed by atoms with Gasteiger partial charge in [-0.1, -0.05) is 18.7 Å². The summed E-state index contributed by atoms with van der Waals surface area (Å²) in [6, 6.07) is 10.3. The molecule has 0 saturated carbocycles. The zero-order valence-electron chi connectivity index (χ0n) is 11.7. The molecule has 3 nitrogen and oxygen atoms in total. The van der Waals surface area contributed by atoms with Gasteiger partial charge in [0, 0.05) is 5.56 Å². The molecule has 1 heterocycles. The number of rotatable bonds is 8. The monoisotopic (exact) mass is 290 g/mol. The van der Waals surface area contributed by atoms with Gasteiger partial charge in [-0.25, -0.2) is 0 Å². The van der Waals surface area contributed by atoms with Gasteiger partial charge < -0.3 is 14.8 Å². The van der Waals surface area contributed by atoms with Gasteiger partial charge in [0.2, 0.25) is 0 Å². The van der Waals surface area contributed by atoms with Crippen LogP contribution in [0.25, 0.3) is 0 Å². The van der Waals surface area contributed by atoms with Crippen LogP contribution in [0.1, 0.15) is 10.4 Å². The molecule has 1 aromatic carbocycles. The van der Waals surface area contributed by atoms with Crippen molar-refractivity contribution in [2.24, 2.45) is 0 Å². The highest BCUT2D eigenvalue weighted by atomic mass is 32.1. The molecule has 0 aliphatic carbocycles. The molecule has 0 aliphatic heterocycles. The fourth-order valence-corrected chi connectivity index (χ4v) is 2.62. The molecule has 106 valence electrons. The fraction of sp³-hybridized carbons (Fsp3) is 0.250. The minimum Gasteiger partial charge on any atom is -0.493 e. The molecule has 2 rings (SSSR count). The number of benzene rings is 1. The van der Waals surface area contributed by atoms with Crippen molar-refractivity contribution in [3.63, 3.8) is 0 Å². The summed E-state index contributed by atoms with van der Waals surface area (Å²) in [4.78, 5) is 1.39. The minimum atomic E-state index is 0.486. The number of thiophene rings is 1. The standard InChI is InChI=1S/C16H19NO2S/c1-3-8-19-15-7-6-13(10-16(15)18-2)11-17-12-14-5-4-9-20-14/h3-7,9-10,17H,1,8,11-12H2,2H3/p+1. The summed E-state index contributed by atoms with van der Waals surface area (Å²) in [5.74, 6) is 1.53. The highest BCUT2D eigenvalue weighted by Crippen LogP contribution is 2.27. The summed E-state index contributed by atoms with van der Waals surface area (Å²) in [6.45, 7) is 6.07. The summed E-state index contributed by atoms with van der Waals surface area (Å²) < 4.78 is 10.9. The highest BCUT2D eigenvalue weighted by molar-refractivity contribution is 7.09.